The maximum Gasteiger partial charge on any atom is 0.624 e. The van der Waals surface area contributed by atoms with Crippen molar-refractivity contribution in [3.63, 3.8) is 0 Å². The van der Waals surface area contributed by atoms with Crippen LogP contribution in [0.2, 0.25) is 0 Å². The van der Waals surface area contributed by atoms with E-state index in [1.54, 1.807) is 0 Å². The first-order valence-electron chi connectivity index (χ1n) is 6.52. The molecule has 1 aliphatic heterocycles. The van der Waals surface area contributed by atoms with Crippen molar-refractivity contribution in [2.75, 3.05) is 0 Å². The summed E-state index contributed by atoms with van der Waals surface area (Å²) < 4.78 is 11.4. The molecule has 0 N–H and O–H groups in total. The highest BCUT2D eigenvalue weighted by Crippen LogP contribution is 2.33. The third-order valence-corrected chi connectivity index (χ3v) is 3.53. The van der Waals surface area contributed by atoms with E-state index in [-0.39, 0.29) is 7.12 Å². The fourth-order valence-corrected chi connectivity index (χ4v) is 2.57. The Morgan fingerprint density at radius 2 is 1.65 bits per heavy atom. The number of para-hydroxylation sites is 2. The molecule has 2 nitrogen and oxygen atoms in total. The van der Waals surface area contributed by atoms with Gasteiger partial charge in [-0.1, -0.05) is 37.5 Å². The first-order valence-corrected chi connectivity index (χ1v) is 6.52. The summed E-state index contributed by atoms with van der Waals surface area (Å²) in [4.78, 5) is 0. The van der Waals surface area contributed by atoms with Gasteiger partial charge in [0.2, 0.25) is 0 Å². The molecule has 88 valence electrons. The lowest BCUT2D eigenvalue weighted by Gasteiger charge is -2.17. The van der Waals surface area contributed by atoms with Gasteiger partial charge >= 0.3 is 7.12 Å². The van der Waals surface area contributed by atoms with Crippen molar-refractivity contribution < 1.29 is 9.31 Å². The lowest BCUT2D eigenvalue weighted by atomic mass is 9.83. The Hall–Kier alpha value is -1.38. The molecule has 1 saturated carbocycles. The standard InChI is InChI=1S/C14H17BO2/c1-2-6-12(7-3-1)10-11-15-16-13-8-4-5-9-14(13)17-15/h4-5,8-12H,1-3,6-7H2/b11-10+. The van der Waals surface area contributed by atoms with Crippen molar-refractivity contribution in [1.82, 2.24) is 0 Å². The number of benzene rings is 1. The van der Waals surface area contributed by atoms with E-state index in [9.17, 15) is 0 Å². The topological polar surface area (TPSA) is 18.5 Å². The van der Waals surface area contributed by atoms with Gasteiger partial charge in [-0.2, -0.15) is 0 Å². The van der Waals surface area contributed by atoms with Gasteiger partial charge in [0.25, 0.3) is 0 Å². The minimum Gasteiger partial charge on any atom is -0.520 e. The molecule has 3 heteroatoms. The summed E-state index contributed by atoms with van der Waals surface area (Å²) in [6, 6.07) is 7.83. The van der Waals surface area contributed by atoms with Crippen molar-refractivity contribution in [1.29, 1.82) is 0 Å². The van der Waals surface area contributed by atoms with Crippen LogP contribution in [-0.4, -0.2) is 7.12 Å². The Labute approximate surface area is 103 Å². The van der Waals surface area contributed by atoms with Crippen LogP contribution in [0.25, 0.3) is 0 Å². The molecule has 3 rings (SSSR count). The maximum atomic E-state index is 5.69. The van der Waals surface area contributed by atoms with Gasteiger partial charge in [0.05, 0.1) is 0 Å². The normalized spacial score (nSPS) is 20.1. The van der Waals surface area contributed by atoms with E-state index in [1.165, 1.54) is 32.1 Å². The Balaban J connectivity index is 1.59. The number of rotatable bonds is 2. The zero-order valence-electron chi connectivity index (χ0n) is 9.97. The average molecular weight is 228 g/mol. The average Bonchev–Trinajstić information content (AvgIpc) is 2.80. The summed E-state index contributed by atoms with van der Waals surface area (Å²) >= 11 is 0. The predicted molar refractivity (Wildman–Crippen MR) is 69.2 cm³/mol. The molecule has 0 radical (unpaired) electrons. The zero-order valence-corrected chi connectivity index (χ0v) is 9.97. The van der Waals surface area contributed by atoms with Crippen LogP contribution < -0.4 is 9.31 Å². The van der Waals surface area contributed by atoms with Gasteiger partial charge in [0, 0.05) is 0 Å². The smallest absolute Gasteiger partial charge is 0.520 e. The minimum absolute atomic E-state index is 0.227. The van der Waals surface area contributed by atoms with E-state index in [0.29, 0.717) is 0 Å². The second-order valence-corrected chi connectivity index (χ2v) is 4.83. The largest absolute Gasteiger partial charge is 0.624 e. The highest BCUT2D eigenvalue weighted by atomic mass is 16.6. The van der Waals surface area contributed by atoms with Crippen molar-refractivity contribution in [2.24, 2.45) is 5.92 Å². The Morgan fingerprint density at radius 3 is 2.29 bits per heavy atom. The first-order chi connectivity index (χ1) is 8.42. The lowest BCUT2D eigenvalue weighted by Crippen LogP contribution is -2.22. The monoisotopic (exact) mass is 228 g/mol. The summed E-state index contributed by atoms with van der Waals surface area (Å²) in [6.07, 6.45) is 9.03. The van der Waals surface area contributed by atoms with Crippen LogP contribution in [0.15, 0.2) is 36.3 Å². The van der Waals surface area contributed by atoms with Crippen molar-refractivity contribution in [3.8, 4) is 11.5 Å². The molecular weight excluding hydrogens is 211 g/mol. The van der Waals surface area contributed by atoms with Crippen LogP contribution >= 0.6 is 0 Å². The van der Waals surface area contributed by atoms with Crippen LogP contribution in [-0.2, 0) is 0 Å². The number of allylic oxidation sites excluding steroid dienone is 1. The fourth-order valence-electron chi connectivity index (χ4n) is 2.57. The van der Waals surface area contributed by atoms with Crippen LogP contribution in [0.4, 0.5) is 0 Å². The Morgan fingerprint density at radius 1 is 1.00 bits per heavy atom. The molecule has 0 unspecified atom stereocenters. The molecule has 1 aliphatic carbocycles. The first kappa shape index (κ1) is 10.8. The van der Waals surface area contributed by atoms with E-state index in [0.717, 1.165) is 17.4 Å². The van der Waals surface area contributed by atoms with Crippen molar-refractivity contribution >= 4 is 7.12 Å². The minimum atomic E-state index is -0.227. The van der Waals surface area contributed by atoms with Crippen LogP contribution in [0, 0.1) is 5.92 Å². The van der Waals surface area contributed by atoms with Crippen LogP contribution in [0.3, 0.4) is 0 Å². The summed E-state index contributed by atoms with van der Waals surface area (Å²) in [6.45, 7) is 0. The zero-order chi connectivity index (χ0) is 11.5. The maximum absolute atomic E-state index is 5.69. The van der Waals surface area contributed by atoms with Crippen molar-refractivity contribution in [3.05, 3.63) is 36.3 Å². The second kappa shape index (κ2) is 4.86. The van der Waals surface area contributed by atoms with Crippen LogP contribution in [0.5, 0.6) is 11.5 Å². The van der Waals surface area contributed by atoms with E-state index >= 15 is 0 Å². The molecule has 0 bridgehead atoms. The van der Waals surface area contributed by atoms with Gasteiger partial charge in [-0.25, -0.2) is 0 Å². The summed E-state index contributed by atoms with van der Waals surface area (Å²) in [5.74, 6) is 4.49. The van der Waals surface area contributed by atoms with E-state index in [4.69, 9.17) is 9.31 Å². The molecule has 0 atom stereocenters. The molecule has 17 heavy (non-hydrogen) atoms. The number of fused-ring (bicyclic) bond motifs is 1. The molecule has 1 fully saturated rings. The molecule has 0 amide bonds. The Bertz CT molecular complexity index is 385. The van der Waals surface area contributed by atoms with E-state index in [2.05, 4.69) is 12.1 Å². The molecule has 0 aromatic heterocycles. The van der Waals surface area contributed by atoms with Crippen molar-refractivity contribution in [2.45, 2.75) is 32.1 Å². The predicted octanol–water partition coefficient (Wildman–Crippen LogP) is 3.62. The molecule has 1 heterocycles. The fraction of sp³-hybridized carbons (Fsp3) is 0.429. The molecular formula is C14H17BO2. The van der Waals surface area contributed by atoms with Gasteiger partial charge in [-0.15, -0.1) is 0 Å². The quantitative estimate of drug-likeness (QED) is 0.719. The summed E-state index contributed by atoms with van der Waals surface area (Å²) in [5.41, 5.74) is 0. The summed E-state index contributed by atoms with van der Waals surface area (Å²) in [7, 11) is -0.227. The van der Waals surface area contributed by atoms with Gasteiger partial charge in [-0.05, 0) is 36.9 Å². The number of hydrogen-bond acceptors (Lipinski definition) is 2. The van der Waals surface area contributed by atoms with Gasteiger partial charge < -0.3 is 9.31 Å². The molecule has 1 aromatic carbocycles. The Kier molecular flexibility index (Phi) is 3.08. The molecule has 0 saturated heterocycles. The SMILES string of the molecule is C(=C\C1CCCCC1)/B1Oc2ccccc2O1. The van der Waals surface area contributed by atoms with Gasteiger partial charge in [-0.3, -0.25) is 0 Å². The molecule has 2 aliphatic rings. The van der Waals surface area contributed by atoms with Gasteiger partial charge in [0.1, 0.15) is 11.5 Å². The lowest BCUT2D eigenvalue weighted by molar-refractivity contribution is 0.418. The number of hydrogen-bond donors (Lipinski definition) is 0. The molecule has 1 aromatic rings. The van der Waals surface area contributed by atoms with E-state index < -0.39 is 0 Å². The third-order valence-electron chi connectivity index (χ3n) is 3.53. The highest BCUT2D eigenvalue weighted by Gasteiger charge is 2.28. The van der Waals surface area contributed by atoms with E-state index in [1.807, 2.05) is 24.3 Å². The second-order valence-electron chi connectivity index (χ2n) is 4.83. The highest BCUT2D eigenvalue weighted by molar-refractivity contribution is 6.53. The van der Waals surface area contributed by atoms with Crippen LogP contribution in [0.1, 0.15) is 32.1 Å². The summed E-state index contributed by atoms with van der Waals surface area (Å²) in [5, 5.41) is 0. The van der Waals surface area contributed by atoms with Gasteiger partial charge in [0.15, 0.2) is 0 Å². The third kappa shape index (κ3) is 2.49. The molecule has 0 spiro atoms.